The highest BCUT2D eigenvalue weighted by molar-refractivity contribution is 7.80. The molecule has 108 valence electrons. The molecule has 2 N–H and O–H groups in total. The van der Waals surface area contributed by atoms with Gasteiger partial charge in [-0.25, -0.2) is 0 Å². The van der Waals surface area contributed by atoms with Gasteiger partial charge in [0.1, 0.15) is 0 Å². The molecule has 0 aliphatic rings. The SMILES string of the molecule is CCCCCCNC(=S)N/N=C/C=C/c1ccccc1. The molecule has 0 spiro atoms. The van der Waals surface area contributed by atoms with Crippen LogP contribution in [-0.2, 0) is 0 Å². The molecule has 20 heavy (non-hydrogen) atoms. The second-order valence-corrected chi connectivity index (χ2v) is 4.88. The van der Waals surface area contributed by atoms with Gasteiger partial charge in [0.25, 0.3) is 0 Å². The fraction of sp³-hybridized carbons (Fsp3) is 0.375. The Morgan fingerprint density at radius 2 is 2.00 bits per heavy atom. The van der Waals surface area contributed by atoms with Crippen LogP contribution < -0.4 is 10.7 Å². The van der Waals surface area contributed by atoms with Gasteiger partial charge in [0.15, 0.2) is 5.11 Å². The number of hydrazone groups is 1. The summed E-state index contributed by atoms with van der Waals surface area (Å²) in [6.45, 7) is 3.11. The van der Waals surface area contributed by atoms with Gasteiger partial charge in [-0.2, -0.15) is 5.10 Å². The third-order valence-corrected chi connectivity index (χ3v) is 2.97. The predicted octanol–water partition coefficient (Wildman–Crippen LogP) is 3.73. The molecular formula is C16H23N3S. The van der Waals surface area contributed by atoms with E-state index in [0.29, 0.717) is 5.11 Å². The van der Waals surface area contributed by atoms with Gasteiger partial charge < -0.3 is 5.32 Å². The molecule has 0 unspecified atom stereocenters. The third kappa shape index (κ3) is 8.43. The minimum Gasteiger partial charge on any atom is -0.361 e. The third-order valence-electron chi connectivity index (χ3n) is 2.73. The van der Waals surface area contributed by atoms with Crippen molar-refractivity contribution in [1.29, 1.82) is 0 Å². The summed E-state index contributed by atoms with van der Waals surface area (Å²) >= 11 is 5.11. The van der Waals surface area contributed by atoms with Crippen molar-refractivity contribution in [2.24, 2.45) is 5.10 Å². The van der Waals surface area contributed by atoms with E-state index in [-0.39, 0.29) is 0 Å². The summed E-state index contributed by atoms with van der Waals surface area (Å²) in [4.78, 5) is 0. The number of thiocarbonyl (C=S) groups is 1. The van der Waals surface area contributed by atoms with E-state index in [4.69, 9.17) is 12.2 Å². The molecule has 0 saturated carbocycles. The number of nitrogens with zero attached hydrogens (tertiary/aromatic N) is 1. The quantitative estimate of drug-likeness (QED) is 0.331. The van der Waals surface area contributed by atoms with Gasteiger partial charge in [-0.15, -0.1) is 0 Å². The van der Waals surface area contributed by atoms with Gasteiger partial charge in [0.2, 0.25) is 0 Å². The highest BCUT2D eigenvalue weighted by Crippen LogP contribution is 1.99. The fourth-order valence-corrected chi connectivity index (χ4v) is 1.81. The van der Waals surface area contributed by atoms with E-state index >= 15 is 0 Å². The molecule has 0 bridgehead atoms. The summed E-state index contributed by atoms with van der Waals surface area (Å²) in [5, 5.41) is 7.74. The summed E-state index contributed by atoms with van der Waals surface area (Å²) in [6.07, 6.45) is 10.5. The molecule has 0 amide bonds. The standard InChI is InChI=1S/C16H23N3S/c1-2-3-4-8-13-17-16(20)19-18-14-9-12-15-10-6-5-7-11-15/h5-7,9-12,14H,2-4,8,13H2,1H3,(H2,17,19,20)/b12-9+,18-14+. The first-order chi connectivity index (χ1) is 9.83. The van der Waals surface area contributed by atoms with Crippen molar-refractivity contribution in [2.45, 2.75) is 32.6 Å². The molecule has 0 heterocycles. The van der Waals surface area contributed by atoms with Crippen LogP contribution in [0.25, 0.3) is 6.08 Å². The smallest absolute Gasteiger partial charge is 0.186 e. The van der Waals surface area contributed by atoms with E-state index in [9.17, 15) is 0 Å². The maximum absolute atomic E-state index is 5.11. The van der Waals surface area contributed by atoms with E-state index in [0.717, 1.165) is 18.5 Å². The van der Waals surface area contributed by atoms with Crippen LogP contribution in [0.4, 0.5) is 0 Å². The first-order valence-electron chi connectivity index (χ1n) is 7.11. The number of nitrogens with one attached hydrogen (secondary N) is 2. The molecule has 1 aromatic rings. The number of unbranched alkanes of at least 4 members (excludes halogenated alkanes) is 3. The van der Waals surface area contributed by atoms with E-state index < -0.39 is 0 Å². The first-order valence-corrected chi connectivity index (χ1v) is 7.52. The molecule has 0 fully saturated rings. The van der Waals surface area contributed by atoms with Crippen LogP contribution in [0.15, 0.2) is 41.5 Å². The van der Waals surface area contributed by atoms with Crippen molar-refractivity contribution in [3.8, 4) is 0 Å². The average Bonchev–Trinajstić information content (AvgIpc) is 2.48. The molecule has 1 rings (SSSR count). The van der Waals surface area contributed by atoms with E-state index in [1.165, 1.54) is 19.3 Å². The van der Waals surface area contributed by atoms with Crippen molar-refractivity contribution in [3.05, 3.63) is 42.0 Å². The zero-order valence-corrected chi connectivity index (χ0v) is 12.8. The molecule has 3 nitrogen and oxygen atoms in total. The van der Waals surface area contributed by atoms with Gasteiger partial charge >= 0.3 is 0 Å². The fourth-order valence-electron chi connectivity index (χ4n) is 1.65. The van der Waals surface area contributed by atoms with Crippen molar-refractivity contribution in [2.75, 3.05) is 6.54 Å². The van der Waals surface area contributed by atoms with Crippen LogP contribution in [0, 0.1) is 0 Å². The van der Waals surface area contributed by atoms with E-state index in [2.05, 4.69) is 22.8 Å². The molecular weight excluding hydrogens is 266 g/mol. The van der Waals surface area contributed by atoms with E-state index in [1.807, 2.05) is 42.5 Å². The Morgan fingerprint density at radius 1 is 1.20 bits per heavy atom. The highest BCUT2D eigenvalue weighted by atomic mass is 32.1. The molecule has 0 atom stereocenters. The maximum Gasteiger partial charge on any atom is 0.186 e. The number of allylic oxidation sites excluding steroid dienone is 1. The average molecular weight is 289 g/mol. The summed E-state index contributed by atoms with van der Waals surface area (Å²) < 4.78 is 0. The largest absolute Gasteiger partial charge is 0.361 e. The zero-order valence-electron chi connectivity index (χ0n) is 12.0. The molecule has 0 aliphatic carbocycles. The Morgan fingerprint density at radius 3 is 2.75 bits per heavy atom. The summed E-state index contributed by atoms with van der Waals surface area (Å²) in [7, 11) is 0. The lowest BCUT2D eigenvalue weighted by atomic mass is 10.2. The van der Waals surface area contributed by atoms with Crippen LogP contribution in [-0.4, -0.2) is 17.9 Å². The Labute approximate surface area is 127 Å². The minimum absolute atomic E-state index is 0.575. The van der Waals surface area contributed by atoms with Gasteiger partial charge in [-0.1, -0.05) is 62.6 Å². The van der Waals surface area contributed by atoms with Crippen molar-refractivity contribution in [1.82, 2.24) is 10.7 Å². The van der Waals surface area contributed by atoms with Crippen LogP contribution in [0.2, 0.25) is 0 Å². The number of hydrogen-bond acceptors (Lipinski definition) is 2. The lowest BCUT2D eigenvalue weighted by molar-refractivity contribution is 0.651. The van der Waals surface area contributed by atoms with Crippen molar-refractivity contribution < 1.29 is 0 Å². The second kappa shape index (κ2) is 11.2. The van der Waals surface area contributed by atoms with Gasteiger partial charge in [-0.05, 0) is 30.3 Å². The van der Waals surface area contributed by atoms with Crippen LogP contribution in [0.3, 0.4) is 0 Å². The van der Waals surface area contributed by atoms with Crippen LogP contribution in [0.5, 0.6) is 0 Å². The topological polar surface area (TPSA) is 36.4 Å². The second-order valence-electron chi connectivity index (χ2n) is 4.48. The van der Waals surface area contributed by atoms with Gasteiger partial charge in [0.05, 0.1) is 0 Å². The van der Waals surface area contributed by atoms with Gasteiger partial charge in [-0.3, -0.25) is 5.43 Å². The monoisotopic (exact) mass is 289 g/mol. The number of benzene rings is 1. The minimum atomic E-state index is 0.575. The lowest BCUT2D eigenvalue weighted by Crippen LogP contribution is -2.32. The van der Waals surface area contributed by atoms with Gasteiger partial charge in [0, 0.05) is 12.8 Å². The number of hydrogen-bond donors (Lipinski definition) is 2. The maximum atomic E-state index is 5.11. The summed E-state index contributed by atoms with van der Waals surface area (Å²) in [5.41, 5.74) is 3.95. The van der Waals surface area contributed by atoms with Crippen molar-refractivity contribution >= 4 is 29.6 Å². The molecule has 1 aromatic carbocycles. The normalized spacial score (nSPS) is 11.1. The molecule has 4 heteroatoms. The predicted molar refractivity (Wildman–Crippen MR) is 91.8 cm³/mol. The number of rotatable bonds is 8. The Balaban J connectivity index is 2.11. The summed E-state index contributed by atoms with van der Waals surface area (Å²) in [6, 6.07) is 10.1. The Hall–Kier alpha value is -1.68. The molecule has 0 aromatic heterocycles. The molecule has 0 radical (unpaired) electrons. The van der Waals surface area contributed by atoms with Crippen molar-refractivity contribution in [3.63, 3.8) is 0 Å². The molecule has 0 saturated heterocycles. The Kier molecular flexibility index (Phi) is 9.15. The lowest BCUT2D eigenvalue weighted by Gasteiger charge is -2.05. The van der Waals surface area contributed by atoms with E-state index in [1.54, 1.807) is 6.21 Å². The Bertz CT molecular complexity index is 427. The zero-order chi connectivity index (χ0) is 14.5. The highest BCUT2D eigenvalue weighted by Gasteiger charge is 1.91. The molecule has 0 aliphatic heterocycles. The first kappa shape index (κ1) is 16.4. The summed E-state index contributed by atoms with van der Waals surface area (Å²) in [5.74, 6) is 0. The van der Waals surface area contributed by atoms with Crippen LogP contribution >= 0.6 is 12.2 Å². The van der Waals surface area contributed by atoms with Crippen LogP contribution in [0.1, 0.15) is 38.2 Å².